The van der Waals surface area contributed by atoms with Crippen LogP contribution in [0.25, 0.3) is 0 Å². The van der Waals surface area contributed by atoms with Crippen molar-refractivity contribution in [2.75, 3.05) is 18.4 Å². The van der Waals surface area contributed by atoms with Crippen LogP contribution in [-0.2, 0) is 9.59 Å². The molecule has 120 valence electrons. The molecule has 0 saturated carbocycles. The van der Waals surface area contributed by atoms with Crippen molar-refractivity contribution >= 4 is 17.5 Å². The summed E-state index contributed by atoms with van der Waals surface area (Å²) in [5.74, 6) is 0.179. The van der Waals surface area contributed by atoms with Crippen molar-refractivity contribution in [3.05, 3.63) is 29.8 Å². The molecule has 1 saturated heterocycles. The maximum absolute atomic E-state index is 12.5. The number of para-hydroxylation sites is 1. The molecule has 0 spiro atoms. The molecule has 0 bridgehead atoms. The monoisotopic (exact) mass is 302 g/mol. The fourth-order valence-corrected chi connectivity index (χ4v) is 2.86. The van der Waals surface area contributed by atoms with Gasteiger partial charge in [-0.1, -0.05) is 45.4 Å². The van der Waals surface area contributed by atoms with Gasteiger partial charge in [0.25, 0.3) is 0 Å². The van der Waals surface area contributed by atoms with Crippen LogP contribution in [0.3, 0.4) is 0 Å². The fraction of sp³-hybridized carbons (Fsp3) is 0.556. The summed E-state index contributed by atoms with van der Waals surface area (Å²) < 4.78 is 0. The minimum atomic E-state index is -0.232. The first-order valence-corrected chi connectivity index (χ1v) is 8.20. The van der Waals surface area contributed by atoms with E-state index in [4.69, 9.17) is 0 Å². The van der Waals surface area contributed by atoms with Gasteiger partial charge in [-0.2, -0.15) is 0 Å². The first-order chi connectivity index (χ1) is 10.5. The third-order valence-corrected chi connectivity index (χ3v) is 4.21. The van der Waals surface area contributed by atoms with E-state index in [2.05, 4.69) is 26.1 Å². The smallest absolute Gasteiger partial charge is 0.229 e. The van der Waals surface area contributed by atoms with E-state index in [1.54, 1.807) is 0 Å². The third-order valence-electron chi connectivity index (χ3n) is 4.21. The van der Waals surface area contributed by atoms with Crippen LogP contribution in [0.1, 0.15) is 51.5 Å². The standard InChI is InChI=1S/C18H26N2O2/c1-4-5-10-20-12-14(11-17(20)21)18(22)19-16-9-7-6-8-15(16)13(2)3/h6-9,13-14H,4-5,10-12H2,1-3H3,(H,19,22). The number of amides is 2. The largest absolute Gasteiger partial charge is 0.342 e. The van der Waals surface area contributed by atoms with Crippen LogP contribution in [0.2, 0.25) is 0 Å². The molecule has 0 aliphatic carbocycles. The van der Waals surface area contributed by atoms with E-state index in [0.29, 0.717) is 18.9 Å². The average Bonchev–Trinajstić information content (AvgIpc) is 2.86. The molecule has 1 aliphatic heterocycles. The number of nitrogens with zero attached hydrogens (tertiary/aromatic N) is 1. The zero-order valence-electron chi connectivity index (χ0n) is 13.8. The zero-order chi connectivity index (χ0) is 16.1. The Bertz CT molecular complexity index is 540. The molecule has 1 heterocycles. The molecule has 1 aromatic rings. The Labute approximate surface area is 132 Å². The van der Waals surface area contributed by atoms with Crippen molar-refractivity contribution in [1.29, 1.82) is 0 Å². The second-order valence-electron chi connectivity index (χ2n) is 6.33. The average molecular weight is 302 g/mol. The number of nitrogens with one attached hydrogen (secondary N) is 1. The Balaban J connectivity index is 2.00. The number of unbranched alkanes of at least 4 members (excludes halogenated alkanes) is 1. The summed E-state index contributed by atoms with van der Waals surface area (Å²) in [4.78, 5) is 26.3. The van der Waals surface area contributed by atoms with Crippen molar-refractivity contribution < 1.29 is 9.59 Å². The highest BCUT2D eigenvalue weighted by Crippen LogP contribution is 2.26. The number of hydrogen-bond acceptors (Lipinski definition) is 2. The first-order valence-electron chi connectivity index (χ1n) is 8.20. The van der Waals surface area contributed by atoms with Crippen molar-refractivity contribution in [2.45, 2.75) is 46.0 Å². The lowest BCUT2D eigenvalue weighted by atomic mass is 10.0. The fourth-order valence-electron chi connectivity index (χ4n) is 2.86. The third kappa shape index (κ3) is 3.87. The molecule has 1 aromatic carbocycles. The molecule has 1 atom stereocenters. The van der Waals surface area contributed by atoms with Crippen LogP contribution in [0.5, 0.6) is 0 Å². The van der Waals surface area contributed by atoms with Gasteiger partial charge >= 0.3 is 0 Å². The summed E-state index contributed by atoms with van der Waals surface area (Å²) in [5.41, 5.74) is 1.99. The Morgan fingerprint density at radius 1 is 1.36 bits per heavy atom. The van der Waals surface area contributed by atoms with Crippen LogP contribution >= 0.6 is 0 Å². The molecule has 2 amide bonds. The van der Waals surface area contributed by atoms with Crippen LogP contribution < -0.4 is 5.32 Å². The minimum Gasteiger partial charge on any atom is -0.342 e. The van der Waals surface area contributed by atoms with Crippen LogP contribution in [0.4, 0.5) is 5.69 Å². The maximum atomic E-state index is 12.5. The Kier molecular flexibility index (Phi) is 5.58. The van der Waals surface area contributed by atoms with Crippen LogP contribution in [0, 0.1) is 5.92 Å². The Morgan fingerprint density at radius 3 is 2.77 bits per heavy atom. The number of rotatable bonds is 6. The number of carbonyl (C=O) groups is 2. The highest BCUT2D eigenvalue weighted by Gasteiger charge is 2.34. The molecular formula is C18H26N2O2. The summed E-state index contributed by atoms with van der Waals surface area (Å²) in [6.07, 6.45) is 2.39. The molecule has 4 heteroatoms. The number of likely N-dealkylation sites (tertiary alicyclic amines) is 1. The molecule has 4 nitrogen and oxygen atoms in total. The highest BCUT2D eigenvalue weighted by molar-refractivity contribution is 5.97. The van der Waals surface area contributed by atoms with E-state index in [1.165, 1.54) is 0 Å². The Hall–Kier alpha value is -1.84. The van der Waals surface area contributed by atoms with Gasteiger partial charge in [-0.15, -0.1) is 0 Å². The van der Waals surface area contributed by atoms with E-state index in [0.717, 1.165) is 30.6 Å². The predicted octanol–water partition coefficient (Wildman–Crippen LogP) is 3.40. The van der Waals surface area contributed by atoms with Gasteiger partial charge in [0.15, 0.2) is 0 Å². The van der Waals surface area contributed by atoms with Gasteiger partial charge in [-0.05, 0) is 24.0 Å². The second-order valence-corrected chi connectivity index (χ2v) is 6.33. The van der Waals surface area contributed by atoms with Crippen LogP contribution in [-0.4, -0.2) is 29.8 Å². The Morgan fingerprint density at radius 2 is 2.09 bits per heavy atom. The lowest BCUT2D eigenvalue weighted by Crippen LogP contribution is -2.29. The van der Waals surface area contributed by atoms with Crippen LogP contribution in [0.15, 0.2) is 24.3 Å². The van der Waals surface area contributed by atoms with Gasteiger partial charge in [0, 0.05) is 25.2 Å². The summed E-state index contributed by atoms with van der Waals surface area (Å²) >= 11 is 0. The SMILES string of the molecule is CCCCN1CC(C(=O)Nc2ccccc2C(C)C)CC1=O. The molecule has 0 aromatic heterocycles. The lowest BCUT2D eigenvalue weighted by Gasteiger charge is -2.17. The number of hydrogen-bond donors (Lipinski definition) is 1. The molecule has 0 radical (unpaired) electrons. The molecule has 1 aliphatic rings. The van der Waals surface area contributed by atoms with E-state index >= 15 is 0 Å². The van der Waals surface area contributed by atoms with Gasteiger partial charge in [-0.3, -0.25) is 9.59 Å². The van der Waals surface area contributed by atoms with Gasteiger partial charge < -0.3 is 10.2 Å². The maximum Gasteiger partial charge on any atom is 0.229 e. The van der Waals surface area contributed by atoms with Gasteiger partial charge in [0.2, 0.25) is 11.8 Å². The number of benzene rings is 1. The molecule has 1 unspecified atom stereocenters. The van der Waals surface area contributed by atoms with Crippen molar-refractivity contribution in [3.8, 4) is 0 Å². The predicted molar refractivity (Wildman–Crippen MR) is 88.8 cm³/mol. The highest BCUT2D eigenvalue weighted by atomic mass is 16.2. The quantitative estimate of drug-likeness (QED) is 0.875. The summed E-state index contributed by atoms with van der Waals surface area (Å²) in [6.45, 7) is 7.64. The minimum absolute atomic E-state index is 0.0413. The number of anilines is 1. The van der Waals surface area contributed by atoms with Gasteiger partial charge in [0.1, 0.15) is 0 Å². The topological polar surface area (TPSA) is 49.4 Å². The van der Waals surface area contributed by atoms with E-state index in [9.17, 15) is 9.59 Å². The first kappa shape index (κ1) is 16.5. The second kappa shape index (κ2) is 7.43. The van der Waals surface area contributed by atoms with E-state index < -0.39 is 0 Å². The molecule has 2 rings (SSSR count). The van der Waals surface area contributed by atoms with Gasteiger partial charge in [0.05, 0.1) is 5.92 Å². The van der Waals surface area contributed by atoms with Crippen molar-refractivity contribution in [3.63, 3.8) is 0 Å². The van der Waals surface area contributed by atoms with E-state index in [1.807, 2.05) is 29.2 Å². The molecule has 22 heavy (non-hydrogen) atoms. The van der Waals surface area contributed by atoms with E-state index in [-0.39, 0.29) is 17.7 Å². The molecule has 1 fully saturated rings. The van der Waals surface area contributed by atoms with Gasteiger partial charge in [-0.25, -0.2) is 0 Å². The zero-order valence-corrected chi connectivity index (χ0v) is 13.8. The lowest BCUT2D eigenvalue weighted by molar-refractivity contribution is -0.128. The molecule has 1 N–H and O–H groups in total. The summed E-state index contributed by atoms with van der Waals surface area (Å²) in [6, 6.07) is 7.87. The molecular weight excluding hydrogens is 276 g/mol. The normalized spacial score (nSPS) is 18.1. The van der Waals surface area contributed by atoms with Crippen molar-refractivity contribution in [1.82, 2.24) is 4.90 Å². The summed E-state index contributed by atoms with van der Waals surface area (Å²) in [5, 5.41) is 3.01. The number of carbonyl (C=O) groups excluding carboxylic acids is 2. The van der Waals surface area contributed by atoms with Crippen molar-refractivity contribution in [2.24, 2.45) is 5.92 Å². The summed E-state index contributed by atoms with van der Waals surface area (Å²) in [7, 11) is 0.